The predicted molar refractivity (Wildman–Crippen MR) is 148 cm³/mol. The lowest BCUT2D eigenvalue weighted by Gasteiger charge is -2.41. The fourth-order valence-electron chi connectivity index (χ4n) is 4.51. The number of aliphatic hydroxyl groups excluding tert-OH is 3. The first-order valence-corrected chi connectivity index (χ1v) is 12.8. The smallest absolute Gasteiger partial charge is 0.331 e. The van der Waals surface area contributed by atoms with E-state index in [4.69, 9.17) is 18.6 Å². The molecule has 1 saturated heterocycles. The number of carbonyl (C=O) groups excluding carboxylic acids is 1. The van der Waals surface area contributed by atoms with Crippen molar-refractivity contribution in [3.8, 4) is 40.1 Å². The van der Waals surface area contributed by atoms with Crippen LogP contribution >= 0.6 is 0 Å². The number of esters is 1. The van der Waals surface area contributed by atoms with E-state index in [2.05, 4.69) is 0 Å². The summed E-state index contributed by atoms with van der Waals surface area (Å²) in [7, 11) is 0. The molecule has 13 nitrogen and oxygen atoms in total. The van der Waals surface area contributed by atoms with Gasteiger partial charge in [-0.05, 0) is 48.0 Å². The normalized spacial score (nSPS) is 22.1. The SMILES string of the molecule is O=C(C=Cc1ccc(O)cc1)O[C@@H]1C(CO)O[C@@H](Oc2c(-c3ccc(O)cc3)oc3cc(O)cc(O)c3c2=O)C(O)[C@H]1O. The van der Waals surface area contributed by atoms with Crippen molar-refractivity contribution in [1.29, 1.82) is 0 Å². The lowest BCUT2D eigenvalue weighted by atomic mass is 9.99. The third-order valence-electron chi connectivity index (χ3n) is 6.66. The Bertz CT molecular complexity index is 1710. The molecule has 0 radical (unpaired) electrons. The molecule has 1 fully saturated rings. The summed E-state index contributed by atoms with van der Waals surface area (Å²) in [6, 6.07) is 13.3. The third kappa shape index (κ3) is 6.10. The van der Waals surface area contributed by atoms with Crippen molar-refractivity contribution in [3.63, 3.8) is 0 Å². The molecule has 0 spiro atoms. The Morgan fingerprint density at radius 1 is 0.884 bits per heavy atom. The number of carbonyl (C=O) groups is 1. The second kappa shape index (κ2) is 12.0. The lowest BCUT2D eigenvalue weighted by molar-refractivity contribution is -0.280. The van der Waals surface area contributed by atoms with E-state index in [1.54, 1.807) is 0 Å². The van der Waals surface area contributed by atoms with E-state index in [0.29, 0.717) is 5.56 Å². The molecule has 13 heteroatoms. The molecule has 0 amide bonds. The monoisotopic (exact) mass is 594 g/mol. The van der Waals surface area contributed by atoms with Gasteiger partial charge in [-0.1, -0.05) is 12.1 Å². The van der Waals surface area contributed by atoms with Crippen molar-refractivity contribution in [2.24, 2.45) is 0 Å². The van der Waals surface area contributed by atoms with Gasteiger partial charge in [-0.15, -0.1) is 0 Å². The van der Waals surface area contributed by atoms with Gasteiger partial charge in [-0.2, -0.15) is 0 Å². The van der Waals surface area contributed by atoms with Crippen LogP contribution in [0.1, 0.15) is 5.56 Å². The number of aromatic hydroxyl groups is 4. The van der Waals surface area contributed by atoms with Gasteiger partial charge in [0.05, 0.1) is 6.61 Å². The molecule has 0 bridgehead atoms. The first-order valence-electron chi connectivity index (χ1n) is 12.8. The predicted octanol–water partition coefficient (Wildman–Crippen LogP) is 1.73. The Morgan fingerprint density at radius 3 is 2.19 bits per heavy atom. The summed E-state index contributed by atoms with van der Waals surface area (Å²) in [5, 5.41) is 70.6. The van der Waals surface area contributed by atoms with Gasteiger partial charge in [0.1, 0.15) is 52.3 Å². The maximum atomic E-state index is 13.5. The minimum absolute atomic E-state index is 0.0338. The van der Waals surface area contributed by atoms with Gasteiger partial charge in [0.25, 0.3) is 0 Å². The number of phenols is 4. The van der Waals surface area contributed by atoms with Gasteiger partial charge in [0, 0.05) is 23.8 Å². The molecule has 4 aromatic rings. The van der Waals surface area contributed by atoms with Crippen molar-refractivity contribution < 1.29 is 59.2 Å². The van der Waals surface area contributed by atoms with Crippen LogP contribution in [0.4, 0.5) is 0 Å². The number of aliphatic hydroxyl groups is 3. The molecule has 0 saturated carbocycles. The van der Waals surface area contributed by atoms with Crippen LogP contribution in [0.3, 0.4) is 0 Å². The first-order chi connectivity index (χ1) is 20.5. The van der Waals surface area contributed by atoms with Crippen LogP contribution < -0.4 is 10.2 Å². The average Bonchev–Trinajstić information content (AvgIpc) is 2.97. The molecule has 224 valence electrons. The molecule has 5 rings (SSSR count). The van der Waals surface area contributed by atoms with Gasteiger partial charge in [-0.25, -0.2) is 4.79 Å². The largest absolute Gasteiger partial charge is 0.508 e. The van der Waals surface area contributed by atoms with Gasteiger partial charge in [-0.3, -0.25) is 4.79 Å². The zero-order valence-electron chi connectivity index (χ0n) is 22.1. The summed E-state index contributed by atoms with van der Waals surface area (Å²) >= 11 is 0. The van der Waals surface area contributed by atoms with Crippen molar-refractivity contribution in [3.05, 3.63) is 82.5 Å². The molecule has 1 aliphatic rings. The van der Waals surface area contributed by atoms with E-state index in [1.807, 2.05) is 0 Å². The highest BCUT2D eigenvalue weighted by Gasteiger charge is 2.48. The fraction of sp³-hybridized carbons (Fsp3) is 0.200. The minimum atomic E-state index is -1.92. The van der Waals surface area contributed by atoms with Gasteiger partial charge >= 0.3 is 5.97 Å². The molecular formula is C30H26O13. The highest BCUT2D eigenvalue weighted by molar-refractivity contribution is 5.88. The van der Waals surface area contributed by atoms with E-state index in [0.717, 1.165) is 18.2 Å². The Morgan fingerprint density at radius 2 is 1.53 bits per heavy atom. The molecule has 1 aromatic heterocycles. The molecule has 43 heavy (non-hydrogen) atoms. The molecule has 1 aliphatic heterocycles. The molecule has 7 N–H and O–H groups in total. The first kappa shape index (κ1) is 29.4. The highest BCUT2D eigenvalue weighted by Crippen LogP contribution is 2.37. The molecule has 2 heterocycles. The molecule has 3 aromatic carbocycles. The van der Waals surface area contributed by atoms with E-state index in [9.17, 15) is 45.3 Å². The Balaban J connectivity index is 1.44. The maximum absolute atomic E-state index is 13.5. The van der Waals surface area contributed by atoms with Crippen LogP contribution in [-0.4, -0.2) is 79.0 Å². The zero-order chi connectivity index (χ0) is 30.8. The summed E-state index contributed by atoms with van der Waals surface area (Å²) in [4.78, 5) is 26.0. The van der Waals surface area contributed by atoms with Crippen molar-refractivity contribution in [2.75, 3.05) is 6.61 Å². The molecular weight excluding hydrogens is 568 g/mol. The zero-order valence-corrected chi connectivity index (χ0v) is 22.1. The van der Waals surface area contributed by atoms with E-state index in [1.165, 1.54) is 54.6 Å². The number of phenolic OH excluding ortho intramolecular Hbond substituents is 4. The molecule has 0 aliphatic carbocycles. The fourth-order valence-corrected chi connectivity index (χ4v) is 4.51. The minimum Gasteiger partial charge on any atom is -0.508 e. The number of rotatable bonds is 7. The molecule has 2 unspecified atom stereocenters. The van der Waals surface area contributed by atoms with Crippen molar-refractivity contribution in [1.82, 2.24) is 0 Å². The third-order valence-corrected chi connectivity index (χ3v) is 6.66. The Kier molecular flexibility index (Phi) is 8.23. The van der Waals surface area contributed by atoms with Crippen LogP contribution in [0.5, 0.6) is 28.7 Å². The highest BCUT2D eigenvalue weighted by atomic mass is 16.7. The Hall–Kier alpha value is -5.08. The van der Waals surface area contributed by atoms with Crippen molar-refractivity contribution >= 4 is 23.0 Å². The second-order valence-electron chi connectivity index (χ2n) is 9.63. The van der Waals surface area contributed by atoms with Crippen LogP contribution in [-0.2, 0) is 14.3 Å². The summed E-state index contributed by atoms with van der Waals surface area (Å²) in [5.74, 6) is -2.82. The summed E-state index contributed by atoms with van der Waals surface area (Å²) in [6.07, 6.45) is -6.11. The van der Waals surface area contributed by atoms with Gasteiger partial charge < -0.3 is 54.4 Å². The maximum Gasteiger partial charge on any atom is 0.331 e. The average molecular weight is 595 g/mol. The van der Waals surface area contributed by atoms with E-state index < -0.39 is 66.0 Å². The van der Waals surface area contributed by atoms with Crippen LogP contribution in [0.15, 0.2) is 76.0 Å². The topological polar surface area (TPSA) is 217 Å². The summed E-state index contributed by atoms with van der Waals surface area (Å²) in [6.45, 7) is -0.791. The van der Waals surface area contributed by atoms with Crippen LogP contribution in [0, 0.1) is 0 Å². The standard InChI is InChI=1S/C30H26O13/c31-13-21-28(42-22(36)10-3-14-1-6-16(32)7-2-14)25(38)26(39)30(41-21)43-29-24(37)23-19(35)11-18(34)12-20(23)40-27(29)15-4-8-17(33)9-5-15/h1-12,21,25-26,28,30-35,38-39H,13H2/t21?,25-,26?,28-,30+/m1/s1. The number of hydrogen-bond acceptors (Lipinski definition) is 13. The number of hydrogen-bond donors (Lipinski definition) is 7. The van der Waals surface area contributed by atoms with Crippen LogP contribution in [0.25, 0.3) is 28.4 Å². The number of benzene rings is 3. The quantitative estimate of drug-likeness (QED) is 0.120. The van der Waals surface area contributed by atoms with E-state index in [-0.39, 0.29) is 33.8 Å². The Labute approximate surface area is 242 Å². The number of fused-ring (bicyclic) bond motifs is 1. The van der Waals surface area contributed by atoms with Gasteiger partial charge in [0.15, 0.2) is 11.9 Å². The molecule has 5 atom stereocenters. The van der Waals surface area contributed by atoms with Crippen LogP contribution in [0.2, 0.25) is 0 Å². The van der Waals surface area contributed by atoms with E-state index >= 15 is 0 Å². The lowest BCUT2D eigenvalue weighted by Crippen LogP contribution is -2.61. The van der Waals surface area contributed by atoms with Gasteiger partial charge in [0.2, 0.25) is 17.5 Å². The summed E-state index contributed by atoms with van der Waals surface area (Å²) < 4.78 is 22.4. The second-order valence-corrected chi connectivity index (χ2v) is 9.63. The summed E-state index contributed by atoms with van der Waals surface area (Å²) in [5.41, 5.74) is -0.363. The number of ether oxygens (including phenoxy) is 3. The van der Waals surface area contributed by atoms with Crippen molar-refractivity contribution in [2.45, 2.75) is 30.7 Å².